The van der Waals surface area contributed by atoms with Crippen LogP contribution in [0.4, 0.5) is 6.01 Å². The fraction of sp³-hybridized carbons (Fsp3) is 0.333. The van der Waals surface area contributed by atoms with Gasteiger partial charge in [0.15, 0.2) is 0 Å². The monoisotopic (exact) mass is 267 g/mol. The predicted octanol–water partition coefficient (Wildman–Crippen LogP) is 2.21. The highest BCUT2D eigenvalue weighted by atomic mass is 35.5. The molecule has 0 radical (unpaired) electrons. The number of likely N-dealkylation sites (N-methyl/N-ethyl adjacent to an activating group) is 1. The van der Waals surface area contributed by atoms with Crippen molar-refractivity contribution in [1.82, 2.24) is 10.2 Å². The maximum absolute atomic E-state index is 9.08. The number of rotatable bonds is 4. The van der Waals surface area contributed by atoms with E-state index in [9.17, 15) is 0 Å². The van der Waals surface area contributed by atoms with Gasteiger partial charge in [-0.2, -0.15) is 0 Å². The lowest BCUT2D eigenvalue weighted by atomic mass is 10.2. The third-order valence-corrected chi connectivity index (χ3v) is 2.95. The third-order valence-electron chi connectivity index (χ3n) is 2.71. The second kappa shape index (κ2) is 5.37. The first-order chi connectivity index (χ1) is 8.61. The summed E-state index contributed by atoms with van der Waals surface area (Å²) >= 11 is 5.90. The van der Waals surface area contributed by atoms with E-state index in [2.05, 4.69) is 10.2 Å². The van der Waals surface area contributed by atoms with Crippen LogP contribution in [0.25, 0.3) is 11.5 Å². The topological polar surface area (TPSA) is 62.4 Å². The van der Waals surface area contributed by atoms with Gasteiger partial charge >= 0.3 is 6.01 Å². The minimum Gasteiger partial charge on any atom is -0.403 e. The van der Waals surface area contributed by atoms with Gasteiger partial charge in [-0.15, -0.1) is 5.10 Å². The van der Waals surface area contributed by atoms with E-state index < -0.39 is 0 Å². The molecule has 0 saturated heterocycles. The normalized spacial score (nSPS) is 12.4. The summed E-state index contributed by atoms with van der Waals surface area (Å²) in [5, 5.41) is 17.6. The Morgan fingerprint density at radius 1 is 1.44 bits per heavy atom. The average Bonchev–Trinajstić information content (AvgIpc) is 2.86. The van der Waals surface area contributed by atoms with Crippen molar-refractivity contribution in [3.8, 4) is 11.5 Å². The number of anilines is 1. The van der Waals surface area contributed by atoms with Gasteiger partial charge in [-0.05, 0) is 25.1 Å². The highest BCUT2D eigenvalue weighted by Gasteiger charge is 2.16. The minimum absolute atomic E-state index is 0.0192. The van der Waals surface area contributed by atoms with Crippen LogP contribution in [-0.4, -0.2) is 35.0 Å². The van der Waals surface area contributed by atoms with E-state index >= 15 is 0 Å². The molecule has 18 heavy (non-hydrogen) atoms. The molecule has 0 spiro atoms. The minimum atomic E-state index is -0.0855. The summed E-state index contributed by atoms with van der Waals surface area (Å²) in [6.45, 7) is 1.88. The van der Waals surface area contributed by atoms with Crippen molar-refractivity contribution in [3.05, 3.63) is 29.3 Å². The zero-order chi connectivity index (χ0) is 13.1. The van der Waals surface area contributed by atoms with E-state index in [1.807, 2.05) is 19.1 Å². The van der Waals surface area contributed by atoms with Gasteiger partial charge in [0.05, 0.1) is 12.6 Å². The Balaban J connectivity index is 2.25. The Hall–Kier alpha value is -1.59. The molecular formula is C12H14ClN3O2. The van der Waals surface area contributed by atoms with Crippen molar-refractivity contribution < 1.29 is 9.52 Å². The standard InChI is InChI=1S/C12H14ClN3O2/c1-8(7-17)16(2)12-15-14-11(18-12)9-4-3-5-10(13)6-9/h3-6,8,17H,7H2,1-2H3/t8-/m1/s1. The maximum Gasteiger partial charge on any atom is 0.318 e. The first-order valence-electron chi connectivity index (χ1n) is 5.55. The Morgan fingerprint density at radius 2 is 2.22 bits per heavy atom. The van der Waals surface area contributed by atoms with Gasteiger partial charge < -0.3 is 14.4 Å². The second-order valence-corrected chi connectivity index (χ2v) is 4.48. The lowest BCUT2D eigenvalue weighted by molar-refractivity contribution is 0.266. The van der Waals surface area contributed by atoms with E-state index in [1.54, 1.807) is 24.1 Å². The summed E-state index contributed by atoms with van der Waals surface area (Å²) in [5.74, 6) is 0.407. The smallest absolute Gasteiger partial charge is 0.318 e. The van der Waals surface area contributed by atoms with Crippen molar-refractivity contribution >= 4 is 17.6 Å². The molecule has 1 heterocycles. The van der Waals surface area contributed by atoms with Gasteiger partial charge in [0.1, 0.15) is 0 Å². The number of hydrogen-bond donors (Lipinski definition) is 1. The molecule has 2 aromatic rings. The summed E-state index contributed by atoms with van der Waals surface area (Å²) in [7, 11) is 1.79. The van der Waals surface area contributed by atoms with E-state index in [1.165, 1.54) is 0 Å². The van der Waals surface area contributed by atoms with Crippen molar-refractivity contribution in [2.24, 2.45) is 0 Å². The number of benzene rings is 1. The molecule has 0 aliphatic heterocycles. The van der Waals surface area contributed by atoms with Crippen molar-refractivity contribution in [1.29, 1.82) is 0 Å². The molecule has 5 nitrogen and oxygen atoms in total. The molecule has 0 aliphatic carbocycles. The molecule has 0 saturated carbocycles. The van der Waals surface area contributed by atoms with Crippen LogP contribution in [0.3, 0.4) is 0 Å². The van der Waals surface area contributed by atoms with Gasteiger partial charge in [-0.3, -0.25) is 0 Å². The summed E-state index contributed by atoms with van der Waals surface area (Å²) in [5.41, 5.74) is 0.770. The summed E-state index contributed by atoms with van der Waals surface area (Å²) in [6.07, 6.45) is 0. The summed E-state index contributed by atoms with van der Waals surface area (Å²) < 4.78 is 5.54. The van der Waals surface area contributed by atoms with Crippen LogP contribution < -0.4 is 4.90 Å². The zero-order valence-corrected chi connectivity index (χ0v) is 10.9. The Kier molecular flexibility index (Phi) is 3.84. The first kappa shape index (κ1) is 12.9. The molecule has 6 heteroatoms. The molecule has 96 valence electrons. The number of aromatic nitrogens is 2. The van der Waals surface area contributed by atoms with Gasteiger partial charge in [-0.1, -0.05) is 22.8 Å². The SMILES string of the molecule is C[C@H](CO)N(C)c1nnc(-c2cccc(Cl)c2)o1. The molecule has 1 aromatic carbocycles. The van der Waals surface area contributed by atoms with Crippen LogP contribution in [0.1, 0.15) is 6.92 Å². The maximum atomic E-state index is 9.08. The van der Waals surface area contributed by atoms with Crippen LogP contribution in [0, 0.1) is 0 Å². The summed E-state index contributed by atoms with van der Waals surface area (Å²) in [4.78, 5) is 1.72. The Labute approximate surface area is 110 Å². The second-order valence-electron chi connectivity index (χ2n) is 4.04. The van der Waals surface area contributed by atoms with E-state index in [0.717, 1.165) is 5.56 Å². The van der Waals surface area contributed by atoms with E-state index in [4.69, 9.17) is 21.1 Å². The number of hydrogen-bond acceptors (Lipinski definition) is 5. The predicted molar refractivity (Wildman–Crippen MR) is 69.7 cm³/mol. The molecule has 0 fully saturated rings. The lowest BCUT2D eigenvalue weighted by Gasteiger charge is -2.19. The lowest BCUT2D eigenvalue weighted by Crippen LogP contribution is -2.31. The Bertz CT molecular complexity index is 530. The van der Waals surface area contributed by atoms with E-state index in [0.29, 0.717) is 16.9 Å². The fourth-order valence-electron chi connectivity index (χ4n) is 1.41. The number of aliphatic hydroxyl groups excluding tert-OH is 1. The molecule has 1 N–H and O–H groups in total. The third kappa shape index (κ3) is 2.63. The molecular weight excluding hydrogens is 254 g/mol. The number of nitrogens with zero attached hydrogens (tertiary/aromatic N) is 3. The largest absolute Gasteiger partial charge is 0.403 e. The average molecular weight is 268 g/mol. The summed E-state index contributed by atoms with van der Waals surface area (Å²) in [6, 6.07) is 7.49. The van der Waals surface area contributed by atoms with Crippen molar-refractivity contribution in [2.45, 2.75) is 13.0 Å². The molecule has 2 rings (SSSR count). The zero-order valence-electron chi connectivity index (χ0n) is 10.2. The molecule has 0 aliphatic rings. The van der Waals surface area contributed by atoms with Gasteiger partial charge in [-0.25, -0.2) is 0 Å². The number of aliphatic hydroxyl groups is 1. The quantitative estimate of drug-likeness (QED) is 0.920. The van der Waals surface area contributed by atoms with Crippen LogP contribution in [0.15, 0.2) is 28.7 Å². The van der Waals surface area contributed by atoms with Gasteiger partial charge in [0.25, 0.3) is 0 Å². The van der Waals surface area contributed by atoms with Gasteiger partial charge in [0, 0.05) is 17.6 Å². The molecule has 0 unspecified atom stereocenters. The first-order valence-corrected chi connectivity index (χ1v) is 5.92. The van der Waals surface area contributed by atoms with Gasteiger partial charge in [0.2, 0.25) is 5.89 Å². The van der Waals surface area contributed by atoms with Crippen LogP contribution >= 0.6 is 11.6 Å². The molecule has 1 aromatic heterocycles. The van der Waals surface area contributed by atoms with Crippen LogP contribution in [0.5, 0.6) is 0 Å². The fourth-order valence-corrected chi connectivity index (χ4v) is 1.60. The van der Waals surface area contributed by atoms with E-state index in [-0.39, 0.29) is 12.6 Å². The molecule has 1 atom stereocenters. The van der Waals surface area contributed by atoms with Crippen LogP contribution in [-0.2, 0) is 0 Å². The van der Waals surface area contributed by atoms with Crippen LogP contribution in [0.2, 0.25) is 5.02 Å². The number of halogens is 1. The highest BCUT2D eigenvalue weighted by Crippen LogP contribution is 2.24. The Morgan fingerprint density at radius 3 is 2.89 bits per heavy atom. The molecule has 0 amide bonds. The van der Waals surface area contributed by atoms with Crippen molar-refractivity contribution in [3.63, 3.8) is 0 Å². The van der Waals surface area contributed by atoms with Crippen molar-refractivity contribution in [2.75, 3.05) is 18.6 Å². The highest BCUT2D eigenvalue weighted by molar-refractivity contribution is 6.30. The molecule has 0 bridgehead atoms.